The quantitative estimate of drug-likeness (QED) is 0.815. The van der Waals surface area contributed by atoms with Crippen LogP contribution in [0.5, 0.6) is 0 Å². The van der Waals surface area contributed by atoms with E-state index in [-0.39, 0.29) is 0 Å². The van der Waals surface area contributed by atoms with Crippen LogP contribution in [0.1, 0.15) is 24.3 Å². The summed E-state index contributed by atoms with van der Waals surface area (Å²) in [5.41, 5.74) is 9.35. The number of hydrogen-bond donors (Lipinski definition) is 2. The molecular formula is C16H23N3S. The van der Waals surface area contributed by atoms with E-state index >= 15 is 0 Å². The van der Waals surface area contributed by atoms with E-state index in [0.29, 0.717) is 0 Å². The Morgan fingerprint density at radius 1 is 1.15 bits per heavy atom. The SMILES string of the molecule is CCN(CC)Cc1ccccc1NCc1sccc1N. The number of rotatable bonds is 7. The highest BCUT2D eigenvalue weighted by atomic mass is 32.1. The molecule has 2 aromatic rings. The van der Waals surface area contributed by atoms with Crippen molar-refractivity contribution in [3.05, 3.63) is 46.2 Å². The summed E-state index contributed by atoms with van der Waals surface area (Å²) < 4.78 is 0. The van der Waals surface area contributed by atoms with Gasteiger partial charge < -0.3 is 11.1 Å². The summed E-state index contributed by atoms with van der Waals surface area (Å²) in [6.07, 6.45) is 0. The summed E-state index contributed by atoms with van der Waals surface area (Å²) in [6, 6.07) is 10.5. The minimum atomic E-state index is 0.790. The molecule has 0 atom stereocenters. The molecule has 0 radical (unpaired) electrons. The molecule has 0 amide bonds. The Balaban J connectivity index is 2.06. The summed E-state index contributed by atoms with van der Waals surface area (Å²) in [4.78, 5) is 3.61. The standard InChI is InChI=1S/C16H23N3S/c1-3-19(4-2)12-13-7-5-6-8-15(13)18-11-16-14(17)9-10-20-16/h5-10,18H,3-4,11-12,17H2,1-2H3. The third-order valence-electron chi connectivity index (χ3n) is 3.53. The molecule has 1 heterocycles. The van der Waals surface area contributed by atoms with Crippen molar-refractivity contribution in [1.29, 1.82) is 0 Å². The fourth-order valence-corrected chi connectivity index (χ4v) is 2.93. The maximum atomic E-state index is 5.93. The molecule has 1 aromatic carbocycles. The lowest BCUT2D eigenvalue weighted by molar-refractivity contribution is 0.296. The monoisotopic (exact) mass is 289 g/mol. The summed E-state index contributed by atoms with van der Waals surface area (Å²) in [5, 5.41) is 5.55. The number of para-hydroxylation sites is 1. The van der Waals surface area contributed by atoms with Crippen LogP contribution in [0.3, 0.4) is 0 Å². The molecule has 108 valence electrons. The van der Waals surface area contributed by atoms with E-state index in [1.807, 2.05) is 11.4 Å². The van der Waals surface area contributed by atoms with Gasteiger partial charge in [0.25, 0.3) is 0 Å². The molecule has 0 saturated heterocycles. The van der Waals surface area contributed by atoms with Gasteiger partial charge in [-0.1, -0.05) is 32.0 Å². The first kappa shape index (κ1) is 14.9. The van der Waals surface area contributed by atoms with Gasteiger partial charge in [0, 0.05) is 22.8 Å². The van der Waals surface area contributed by atoms with Crippen LogP contribution in [0.15, 0.2) is 35.7 Å². The van der Waals surface area contributed by atoms with E-state index in [4.69, 9.17) is 5.73 Å². The summed E-state index contributed by atoms with van der Waals surface area (Å²) in [7, 11) is 0. The van der Waals surface area contributed by atoms with E-state index in [1.165, 1.54) is 16.1 Å². The van der Waals surface area contributed by atoms with Gasteiger partial charge >= 0.3 is 0 Å². The van der Waals surface area contributed by atoms with Crippen molar-refractivity contribution in [2.75, 3.05) is 24.1 Å². The molecule has 0 aliphatic carbocycles. The Bertz CT molecular complexity index is 532. The maximum absolute atomic E-state index is 5.93. The van der Waals surface area contributed by atoms with Gasteiger partial charge in [0.1, 0.15) is 0 Å². The largest absolute Gasteiger partial charge is 0.398 e. The van der Waals surface area contributed by atoms with Crippen LogP contribution in [0.4, 0.5) is 11.4 Å². The zero-order valence-corrected chi connectivity index (χ0v) is 13.0. The summed E-state index contributed by atoms with van der Waals surface area (Å²) in [6.45, 7) is 8.32. The first-order valence-corrected chi connectivity index (χ1v) is 7.98. The summed E-state index contributed by atoms with van der Waals surface area (Å²) in [5.74, 6) is 0. The number of benzene rings is 1. The topological polar surface area (TPSA) is 41.3 Å². The molecule has 20 heavy (non-hydrogen) atoms. The predicted molar refractivity (Wildman–Crippen MR) is 89.1 cm³/mol. The highest BCUT2D eigenvalue weighted by Crippen LogP contribution is 2.22. The van der Waals surface area contributed by atoms with E-state index in [1.54, 1.807) is 11.3 Å². The predicted octanol–water partition coefficient (Wildman–Crippen LogP) is 3.78. The Morgan fingerprint density at radius 3 is 2.55 bits per heavy atom. The van der Waals surface area contributed by atoms with E-state index in [0.717, 1.165) is 31.9 Å². The smallest absolute Gasteiger partial charge is 0.0514 e. The second kappa shape index (κ2) is 7.31. The second-order valence-electron chi connectivity index (χ2n) is 4.77. The van der Waals surface area contributed by atoms with Crippen molar-refractivity contribution in [3.8, 4) is 0 Å². The molecule has 3 nitrogen and oxygen atoms in total. The third-order valence-corrected chi connectivity index (χ3v) is 4.46. The molecule has 0 aliphatic heterocycles. The number of nitrogen functional groups attached to an aromatic ring is 1. The highest BCUT2D eigenvalue weighted by molar-refractivity contribution is 7.10. The molecule has 4 heteroatoms. The molecule has 0 spiro atoms. The van der Waals surface area contributed by atoms with Crippen LogP contribution in [0.25, 0.3) is 0 Å². The molecule has 2 rings (SSSR count). The number of hydrogen-bond acceptors (Lipinski definition) is 4. The molecule has 1 aromatic heterocycles. The molecule has 0 bridgehead atoms. The number of nitrogens with zero attached hydrogens (tertiary/aromatic N) is 1. The van der Waals surface area contributed by atoms with Crippen LogP contribution in [-0.2, 0) is 13.1 Å². The first-order valence-electron chi connectivity index (χ1n) is 7.10. The van der Waals surface area contributed by atoms with Crippen LogP contribution in [-0.4, -0.2) is 18.0 Å². The van der Waals surface area contributed by atoms with Gasteiger partial charge in [-0.25, -0.2) is 0 Å². The lowest BCUT2D eigenvalue weighted by Crippen LogP contribution is -2.22. The number of nitrogens with two attached hydrogens (primary N) is 1. The minimum absolute atomic E-state index is 0.790. The lowest BCUT2D eigenvalue weighted by atomic mass is 10.1. The Kier molecular flexibility index (Phi) is 5.44. The maximum Gasteiger partial charge on any atom is 0.0514 e. The van der Waals surface area contributed by atoms with Crippen molar-refractivity contribution in [2.24, 2.45) is 0 Å². The summed E-state index contributed by atoms with van der Waals surface area (Å²) >= 11 is 1.70. The van der Waals surface area contributed by atoms with Crippen LogP contribution >= 0.6 is 11.3 Å². The average Bonchev–Trinajstić information content (AvgIpc) is 2.89. The Hall–Kier alpha value is -1.52. The van der Waals surface area contributed by atoms with Crippen LogP contribution in [0, 0.1) is 0 Å². The Labute approximate surface area is 125 Å². The fraction of sp³-hybridized carbons (Fsp3) is 0.375. The number of thiophene rings is 1. The van der Waals surface area contributed by atoms with Crippen molar-refractivity contribution >= 4 is 22.7 Å². The van der Waals surface area contributed by atoms with Gasteiger partial charge in [0.05, 0.1) is 6.54 Å². The third kappa shape index (κ3) is 3.74. The van der Waals surface area contributed by atoms with E-state index < -0.39 is 0 Å². The Morgan fingerprint density at radius 2 is 1.90 bits per heavy atom. The highest BCUT2D eigenvalue weighted by Gasteiger charge is 2.07. The van der Waals surface area contributed by atoms with Gasteiger partial charge in [-0.2, -0.15) is 0 Å². The van der Waals surface area contributed by atoms with Gasteiger partial charge in [0.15, 0.2) is 0 Å². The molecule has 0 aliphatic rings. The lowest BCUT2D eigenvalue weighted by Gasteiger charge is -2.20. The number of nitrogens with one attached hydrogen (secondary N) is 1. The first-order chi connectivity index (χ1) is 9.74. The fourth-order valence-electron chi connectivity index (χ4n) is 2.19. The molecule has 3 N–H and O–H groups in total. The molecule has 0 saturated carbocycles. The van der Waals surface area contributed by atoms with Gasteiger partial charge in [0.2, 0.25) is 0 Å². The molecule has 0 fully saturated rings. The normalized spacial score (nSPS) is 10.9. The molecular weight excluding hydrogens is 266 g/mol. The van der Waals surface area contributed by atoms with E-state index in [9.17, 15) is 0 Å². The minimum Gasteiger partial charge on any atom is -0.398 e. The van der Waals surface area contributed by atoms with Gasteiger partial charge in [-0.3, -0.25) is 4.90 Å². The van der Waals surface area contributed by atoms with E-state index in [2.05, 4.69) is 48.3 Å². The van der Waals surface area contributed by atoms with Crippen molar-refractivity contribution < 1.29 is 0 Å². The van der Waals surface area contributed by atoms with Gasteiger partial charge in [-0.05, 0) is 36.2 Å². The zero-order chi connectivity index (χ0) is 14.4. The van der Waals surface area contributed by atoms with Crippen molar-refractivity contribution in [3.63, 3.8) is 0 Å². The van der Waals surface area contributed by atoms with Crippen LogP contribution < -0.4 is 11.1 Å². The molecule has 0 unspecified atom stereocenters. The zero-order valence-electron chi connectivity index (χ0n) is 12.2. The van der Waals surface area contributed by atoms with Gasteiger partial charge in [-0.15, -0.1) is 11.3 Å². The average molecular weight is 289 g/mol. The second-order valence-corrected chi connectivity index (χ2v) is 5.77. The van der Waals surface area contributed by atoms with Crippen LogP contribution in [0.2, 0.25) is 0 Å². The van der Waals surface area contributed by atoms with Crippen molar-refractivity contribution in [2.45, 2.75) is 26.9 Å². The van der Waals surface area contributed by atoms with Crippen molar-refractivity contribution in [1.82, 2.24) is 4.90 Å². The number of anilines is 2.